The number of carboxylic acid groups (broad SMARTS) is 1. The number of ether oxygens (including phenoxy) is 2. The van der Waals surface area contributed by atoms with Crippen molar-refractivity contribution in [3.8, 4) is 23.0 Å². The van der Waals surface area contributed by atoms with E-state index in [2.05, 4.69) is 0 Å². The molecular formula is C22H21NO7. The van der Waals surface area contributed by atoms with Gasteiger partial charge < -0.3 is 24.1 Å². The van der Waals surface area contributed by atoms with Gasteiger partial charge in [0.25, 0.3) is 0 Å². The van der Waals surface area contributed by atoms with E-state index in [1.165, 1.54) is 18.4 Å². The van der Waals surface area contributed by atoms with E-state index < -0.39 is 12.0 Å². The molecule has 0 radical (unpaired) electrons. The van der Waals surface area contributed by atoms with E-state index in [0.717, 1.165) is 6.42 Å². The number of aromatic hydroxyl groups is 1. The summed E-state index contributed by atoms with van der Waals surface area (Å²) in [5, 5.41) is 20.0. The van der Waals surface area contributed by atoms with Crippen LogP contribution >= 0.6 is 0 Å². The van der Waals surface area contributed by atoms with Crippen molar-refractivity contribution in [2.45, 2.75) is 25.4 Å². The summed E-state index contributed by atoms with van der Waals surface area (Å²) in [5.41, 5.74) is 0.219. The Morgan fingerprint density at radius 1 is 1.20 bits per heavy atom. The Kier molecular flexibility index (Phi) is 5.33. The zero-order valence-corrected chi connectivity index (χ0v) is 16.3. The smallest absolute Gasteiger partial charge is 0.320 e. The van der Waals surface area contributed by atoms with Crippen LogP contribution in [0.5, 0.6) is 23.0 Å². The number of rotatable bonds is 6. The first-order valence-corrected chi connectivity index (χ1v) is 9.53. The molecule has 0 spiro atoms. The van der Waals surface area contributed by atoms with Crippen molar-refractivity contribution >= 4 is 16.9 Å². The van der Waals surface area contributed by atoms with Crippen LogP contribution in [0, 0.1) is 0 Å². The van der Waals surface area contributed by atoms with Crippen molar-refractivity contribution in [3.05, 3.63) is 58.4 Å². The van der Waals surface area contributed by atoms with E-state index >= 15 is 0 Å². The molecule has 0 aliphatic carbocycles. The van der Waals surface area contributed by atoms with Gasteiger partial charge in [0.15, 0.2) is 0 Å². The highest BCUT2D eigenvalue weighted by molar-refractivity contribution is 5.83. The highest BCUT2D eigenvalue weighted by atomic mass is 16.5. The molecule has 30 heavy (non-hydrogen) atoms. The minimum atomic E-state index is -0.899. The summed E-state index contributed by atoms with van der Waals surface area (Å²) in [4.78, 5) is 26.2. The fourth-order valence-corrected chi connectivity index (χ4v) is 3.72. The van der Waals surface area contributed by atoms with Crippen LogP contribution in [-0.4, -0.2) is 40.8 Å². The number of fused-ring (bicyclic) bond motifs is 1. The van der Waals surface area contributed by atoms with E-state index in [0.29, 0.717) is 30.0 Å². The zero-order valence-electron chi connectivity index (χ0n) is 16.3. The van der Waals surface area contributed by atoms with Gasteiger partial charge in [-0.25, -0.2) is 0 Å². The molecule has 0 amide bonds. The number of hydrogen-bond acceptors (Lipinski definition) is 7. The minimum Gasteiger partial charge on any atom is -0.507 e. The van der Waals surface area contributed by atoms with Crippen LogP contribution < -0.4 is 14.9 Å². The first kappa shape index (κ1) is 19.8. The first-order chi connectivity index (χ1) is 14.5. The van der Waals surface area contributed by atoms with E-state index in [-0.39, 0.29) is 34.4 Å². The summed E-state index contributed by atoms with van der Waals surface area (Å²) >= 11 is 0. The summed E-state index contributed by atoms with van der Waals surface area (Å²) < 4.78 is 16.4. The Morgan fingerprint density at radius 2 is 1.93 bits per heavy atom. The van der Waals surface area contributed by atoms with Gasteiger partial charge in [0, 0.05) is 6.54 Å². The summed E-state index contributed by atoms with van der Waals surface area (Å²) in [6.07, 6.45) is 2.51. The molecule has 1 aliphatic rings. The summed E-state index contributed by atoms with van der Waals surface area (Å²) in [6.45, 7) is 0.761. The number of phenols is 1. The molecule has 2 N–H and O–H groups in total. The van der Waals surface area contributed by atoms with Crippen LogP contribution in [0.1, 0.15) is 18.4 Å². The quantitative estimate of drug-likeness (QED) is 0.636. The Morgan fingerprint density at radius 3 is 2.63 bits per heavy atom. The maximum absolute atomic E-state index is 12.9. The number of aliphatic carboxylic acids is 1. The molecule has 1 aromatic heterocycles. The van der Waals surface area contributed by atoms with E-state index in [1.807, 2.05) is 0 Å². The molecule has 1 unspecified atom stereocenters. The van der Waals surface area contributed by atoms with E-state index in [9.17, 15) is 19.8 Å². The third kappa shape index (κ3) is 3.69. The average molecular weight is 411 g/mol. The number of carboxylic acids is 1. The predicted molar refractivity (Wildman–Crippen MR) is 108 cm³/mol. The summed E-state index contributed by atoms with van der Waals surface area (Å²) in [5.74, 6) is 0.167. The number of benzene rings is 2. The van der Waals surface area contributed by atoms with E-state index in [4.69, 9.17) is 13.9 Å². The molecule has 2 aromatic carbocycles. The second-order valence-electron chi connectivity index (χ2n) is 7.11. The lowest BCUT2D eigenvalue weighted by Crippen LogP contribution is -2.35. The molecule has 1 fully saturated rings. The molecule has 1 saturated heterocycles. The molecule has 8 heteroatoms. The summed E-state index contributed by atoms with van der Waals surface area (Å²) in [6, 6.07) is 9.03. The van der Waals surface area contributed by atoms with Gasteiger partial charge in [-0.2, -0.15) is 0 Å². The number of carbonyl (C=O) groups is 1. The maximum atomic E-state index is 12.9. The average Bonchev–Trinajstić information content (AvgIpc) is 3.21. The molecule has 0 saturated carbocycles. The van der Waals surface area contributed by atoms with Gasteiger partial charge in [0.05, 0.1) is 18.1 Å². The largest absolute Gasteiger partial charge is 0.507 e. The lowest BCUT2D eigenvalue weighted by atomic mass is 10.1. The Balaban J connectivity index is 1.68. The van der Waals surface area contributed by atoms with Crippen LogP contribution in [0.3, 0.4) is 0 Å². The van der Waals surface area contributed by atoms with Crippen molar-refractivity contribution in [1.29, 1.82) is 0 Å². The molecule has 1 aliphatic heterocycles. The van der Waals surface area contributed by atoms with E-state index in [1.54, 1.807) is 36.3 Å². The fourth-order valence-electron chi connectivity index (χ4n) is 3.72. The number of methoxy groups -OCH3 is 1. The van der Waals surface area contributed by atoms with Gasteiger partial charge in [-0.15, -0.1) is 0 Å². The molecule has 2 heterocycles. The lowest BCUT2D eigenvalue weighted by molar-refractivity contribution is -0.142. The first-order valence-electron chi connectivity index (χ1n) is 9.53. The Bertz CT molecular complexity index is 1140. The minimum absolute atomic E-state index is 0.00823. The highest BCUT2D eigenvalue weighted by Crippen LogP contribution is 2.31. The second-order valence-corrected chi connectivity index (χ2v) is 7.11. The molecule has 156 valence electrons. The Hall–Kier alpha value is -3.52. The van der Waals surface area contributed by atoms with Crippen LogP contribution in [0.2, 0.25) is 0 Å². The van der Waals surface area contributed by atoms with Crippen LogP contribution in [0.4, 0.5) is 0 Å². The zero-order chi connectivity index (χ0) is 21.3. The topological polar surface area (TPSA) is 109 Å². The third-order valence-corrected chi connectivity index (χ3v) is 5.29. The molecule has 1 atom stereocenters. The van der Waals surface area contributed by atoms with Crippen LogP contribution in [0.25, 0.3) is 11.0 Å². The fraction of sp³-hybridized carbons (Fsp3) is 0.273. The molecule has 3 aromatic rings. The summed E-state index contributed by atoms with van der Waals surface area (Å²) in [7, 11) is 1.56. The number of nitrogens with zero attached hydrogens (tertiary/aromatic N) is 1. The number of phenolic OH excluding ortho intramolecular Hbond substituents is 1. The highest BCUT2D eigenvalue weighted by Gasteiger charge is 2.31. The van der Waals surface area contributed by atoms with Gasteiger partial charge in [-0.3, -0.25) is 14.5 Å². The monoisotopic (exact) mass is 411 g/mol. The SMILES string of the molecule is COc1ccc(Oc2coc3c(CN4CCCC4C(=O)O)c(O)ccc3c2=O)cc1. The van der Waals surface area contributed by atoms with Gasteiger partial charge in [0.2, 0.25) is 11.2 Å². The molecule has 0 bridgehead atoms. The van der Waals surface area contributed by atoms with Crippen molar-refractivity contribution in [1.82, 2.24) is 4.90 Å². The van der Waals surface area contributed by atoms with Crippen molar-refractivity contribution in [3.63, 3.8) is 0 Å². The Labute approximate surface area is 171 Å². The normalized spacial score (nSPS) is 16.6. The standard InChI is InChI=1S/C22H21NO7/c1-28-13-4-6-14(7-5-13)30-19-12-29-21-15(20(19)25)8-9-18(24)16(21)11-23-10-2-3-17(23)22(26)27/h4-9,12,17,24H,2-3,10-11H2,1H3,(H,26,27). The lowest BCUT2D eigenvalue weighted by Gasteiger charge is -2.21. The van der Waals surface area contributed by atoms with Gasteiger partial charge in [-0.05, 0) is 55.8 Å². The van der Waals surface area contributed by atoms with Crippen molar-refractivity contribution < 1.29 is 28.9 Å². The van der Waals surface area contributed by atoms with Gasteiger partial charge >= 0.3 is 5.97 Å². The van der Waals surface area contributed by atoms with Crippen LogP contribution in [0.15, 0.2) is 51.9 Å². The molecular weight excluding hydrogens is 390 g/mol. The maximum Gasteiger partial charge on any atom is 0.320 e. The predicted octanol–water partition coefficient (Wildman–Crippen LogP) is 3.35. The number of likely N-dealkylation sites (tertiary alicyclic amines) is 1. The van der Waals surface area contributed by atoms with Crippen molar-refractivity contribution in [2.24, 2.45) is 0 Å². The third-order valence-electron chi connectivity index (χ3n) is 5.29. The van der Waals surface area contributed by atoms with Crippen molar-refractivity contribution in [2.75, 3.05) is 13.7 Å². The van der Waals surface area contributed by atoms with Gasteiger partial charge in [0.1, 0.15) is 35.1 Å². The van der Waals surface area contributed by atoms with Gasteiger partial charge in [-0.1, -0.05) is 0 Å². The molecule has 4 rings (SSSR count). The van der Waals surface area contributed by atoms with Crippen LogP contribution in [-0.2, 0) is 11.3 Å². The second kappa shape index (κ2) is 8.08. The number of hydrogen-bond donors (Lipinski definition) is 2. The molecule has 8 nitrogen and oxygen atoms in total.